The zero-order valence-electron chi connectivity index (χ0n) is 13.9. The highest BCUT2D eigenvalue weighted by atomic mass is 32.1. The Morgan fingerprint density at radius 1 is 0.960 bits per heavy atom. The van der Waals surface area contributed by atoms with E-state index in [1.165, 1.54) is 23.3 Å². The minimum absolute atomic E-state index is 0.0633. The Balaban J connectivity index is 1.36. The Labute approximate surface area is 150 Å². The van der Waals surface area contributed by atoms with Crippen LogP contribution in [0.3, 0.4) is 0 Å². The normalized spacial score (nSPS) is 16.0. The third-order valence-electron chi connectivity index (χ3n) is 4.53. The molecule has 3 amide bonds. The Hall–Kier alpha value is -2.34. The molecule has 0 spiro atoms. The van der Waals surface area contributed by atoms with Gasteiger partial charge in [0.05, 0.1) is 4.88 Å². The summed E-state index contributed by atoms with van der Waals surface area (Å²) in [6.45, 7) is 0. The van der Waals surface area contributed by atoms with Gasteiger partial charge in [0.25, 0.3) is 5.91 Å². The molecule has 1 saturated carbocycles. The fourth-order valence-corrected chi connectivity index (χ4v) is 4.16. The van der Waals surface area contributed by atoms with E-state index in [-0.39, 0.29) is 11.9 Å². The van der Waals surface area contributed by atoms with E-state index in [4.69, 9.17) is 0 Å². The average Bonchev–Trinajstić information content (AvgIpc) is 3.30. The summed E-state index contributed by atoms with van der Waals surface area (Å²) >= 11 is 1.61. The summed E-state index contributed by atoms with van der Waals surface area (Å²) in [6.07, 6.45) is 6.74. The number of carbonyl (C=O) groups excluding carboxylic acids is 2. The molecule has 1 fully saturated rings. The number of aryl methyl sites for hydroxylation is 2. The van der Waals surface area contributed by atoms with Crippen molar-refractivity contribution < 1.29 is 9.59 Å². The summed E-state index contributed by atoms with van der Waals surface area (Å²) < 4.78 is 0. The molecular formula is C19H21N3O2S. The molecule has 1 aromatic carbocycles. The van der Waals surface area contributed by atoms with Crippen LogP contribution in [0, 0.1) is 0 Å². The second kappa shape index (κ2) is 6.88. The van der Waals surface area contributed by atoms with Crippen LogP contribution in [0.15, 0.2) is 30.3 Å². The summed E-state index contributed by atoms with van der Waals surface area (Å²) in [6, 6.07) is 9.38. The molecule has 130 valence electrons. The van der Waals surface area contributed by atoms with Crippen molar-refractivity contribution in [1.82, 2.24) is 5.32 Å². The van der Waals surface area contributed by atoms with Crippen LogP contribution >= 0.6 is 11.3 Å². The minimum atomic E-state index is -0.177. The number of fused-ring (bicyclic) bond motifs is 1. The molecule has 25 heavy (non-hydrogen) atoms. The van der Waals surface area contributed by atoms with Crippen molar-refractivity contribution in [2.75, 3.05) is 10.6 Å². The molecule has 0 unspecified atom stereocenters. The highest BCUT2D eigenvalue weighted by molar-refractivity contribution is 7.14. The Kier molecular flexibility index (Phi) is 4.44. The number of carbonyl (C=O) groups is 2. The third-order valence-corrected chi connectivity index (χ3v) is 5.77. The van der Waals surface area contributed by atoms with Crippen LogP contribution in [0.2, 0.25) is 0 Å². The molecule has 4 rings (SSSR count). The van der Waals surface area contributed by atoms with E-state index in [9.17, 15) is 9.59 Å². The molecule has 2 aliphatic carbocycles. The molecule has 6 heteroatoms. The van der Waals surface area contributed by atoms with Crippen molar-refractivity contribution >= 4 is 34.6 Å². The van der Waals surface area contributed by atoms with Crippen LogP contribution in [0.5, 0.6) is 0 Å². The predicted molar refractivity (Wildman–Crippen MR) is 101 cm³/mol. The number of anilines is 2. The second-order valence-electron chi connectivity index (χ2n) is 6.67. The molecule has 0 saturated heterocycles. The quantitative estimate of drug-likeness (QED) is 0.770. The Morgan fingerprint density at radius 3 is 2.32 bits per heavy atom. The van der Waals surface area contributed by atoms with Gasteiger partial charge in [-0.15, -0.1) is 11.3 Å². The number of urea groups is 1. The van der Waals surface area contributed by atoms with Crippen LogP contribution in [0.25, 0.3) is 0 Å². The SMILES string of the molecule is O=C(Nc1ccc(NC(=O)c2cc3c(s2)CCCC3)cc1)NC1CC1. The van der Waals surface area contributed by atoms with Crippen LogP contribution < -0.4 is 16.0 Å². The lowest BCUT2D eigenvalue weighted by atomic mass is 9.99. The standard InChI is InChI=1S/C19H21N3O2S/c23-18(17-11-12-3-1-2-4-16(12)25-17)20-13-5-7-14(8-6-13)21-19(24)22-15-9-10-15/h5-8,11,15H,1-4,9-10H2,(H,20,23)(H2,21,22,24). The number of thiophene rings is 1. The first kappa shape index (κ1) is 16.1. The van der Waals surface area contributed by atoms with Gasteiger partial charge in [-0.25, -0.2) is 4.79 Å². The van der Waals surface area contributed by atoms with Gasteiger partial charge in [-0.1, -0.05) is 0 Å². The summed E-state index contributed by atoms with van der Waals surface area (Å²) in [5.41, 5.74) is 2.77. The molecule has 2 aliphatic rings. The second-order valence-corrected chi connectivity index (χ2v) is 7.81. The first-order chi connectivity index (χ1) is 12.2. The van der Waals surface area contributed by atoms with E-state index in [0.29, 0.717) is 11.7 Å². The number of rotatable bonds is 4. The van der Waals surface area contributed by atoms with Gasteiger partial charge in [-0.3, -0.25) is 4.79 Å². The molecule has 1 heterocycles. The van der Waals surface area contributed by atoms with E-state index < -0.39 is 0 Å². The Bertz CT molecular complexity index is 770. The molecule has 0 atom stereocenters. The lowest BCUT2D eigenvalue weighted by Gasteiger charge is -2.08. The average molecular weight is 355 g/mol. The van der Waals surface area contributed by atoms with Crippen molar-refractivity contribution in [2.24, 2.45) is 0 Å². The first-order valence-corrected chi connectivity index (χ1v) is 9.59. The molecule has 2 aromatic rings. The van der Waals surface area contributed by atoms with E-state index >= 15 is 0 Å². The minimum Gasteiger partial charge on any atom is -0.335 e. The summed E-state index contributed by atoms with van der Waals surface area (Å²) in [7, 11) is 0. The van der Waals surface area contributed by atoms with Crippen LogP contribution in [0.1, 0.15) is 45.8 Å². The predicted octanol–water partition coefficient (Wildman–Crippen LogP) is 4.16. The zero-order valence-corrected chi connectivity index (χ0v) is 14.7. The highest BCUT2D eigenvalue weighted by Crippen LogP contribution is 2.30. The molecule has 5 nitrogen and oxygen atoms in total. The fourth-order valence-electron chi connectivity index (χ4n) is 3.01. The van der Waals surface area contributed by atoms with Gasteiger partial charge in [-0.2, -0.15) is 0 Å². The van der Waals surface area contributed by atoms with Gasteiger partial charge in [0.15, 0.2) is 0 Å². The zero-order chi connectivity index (χ0) is 17.2. The highest BCUT2D eigenvalue weighted by Gasteiger charge is 2.23. The van der Waals surface area contributed by atoms with Crippen molar-refractivity contribution in [3.05, 3.63) is 45.6 Å². The smallest absolute Gasteiger partial charge is 0.319 e. The van der Waals surface area contributed by atoms with Crippen molar-refractivity contribution in [3.8, 4) is 0 Å². The van der Waals surface area contributed by atoms with Crippen molar-refractivity contribution in [1.29, 1.82) is 0 Å². The lowest BCUT2D eigenvalue weighted by molar-refractivity contribution is 0.103. The van der Waals surface area contributed by atoms with Gasteiger partial charge < -0.3 is 16.0 Å². The fraction of sp³-hybridized carbons (Fsp3) is 0.368. The molecule has 3 N–H and O–H groups in total. The number of hydrogen-bond donors (Lipinski definition) is 3. The van der Waals surface area contributed by atoms with Gasteiger partial charge >= 0.3 is 6.03 Å². The van der Waals surface area contributed by atoms with Crippen molar-refractivity contribution in [2.45, 2.75) is 44.6 Å². The topological polar surface area (TPSA) is 70.2 Å². The maximum Gasteiger partial charge on any atom is 0.319 e. The van der Waals surface area contributed by atoms with E-state index in [1.807, 2.05) is 6.07 Å². The molecule has 0 bridgehead atoms. The largest absolute Gasteiger partial charge is 0.335 e. The first-order valence-electron chi connectivity index (χ1n) is 8.78. The summed E-state index contributed by atoms with van der Waals surface area (Å²) in [5.74, 6) is -0.0633. The van der Waals surface area contributed by atoms with Crippen LogP contribution in [-0.4, -0.2) is 18.0 Å². The molecule has 0 aliphatic heterocycles. The van der Waals surface area contributed by atoms with Crippen molar-refractivity contribution in [3.63, 3.8) is 0 Å². The number of amides is 3. The van der Waals surface area contributed by atoms with E-state index in [1.54, 1.807) is 35.6 Å². The molecular weight excluding hydrogens is 334 g/mol. The molecule has 0 radical (unpaired) electrons. The third kappa shape index (κ3) is 4.02. The maximum atomic E-state index is 12.4. The molecule has 1 aromatic heterocycles. The monoisotopic (exact) mass is 355 g/mol. The number of nitrogens with one attached hydrogen (secondary N) is 3. The van der Waals surface area contributed by atoms with Gasteiger partial charge in [0.1, 0.15) is 0 Å². The van der Waals surface area contributed by atoms with Gasteiger partial charge in [-0.05, 0) is 74.4 Å². The summed E-state index contributed by atoms with van der Waals surface area (Å²) in [4.78, 5) is 26.3. The lowest BCUT2D eigenvalue weighted by Crippen LogP contribution is -2.30. The van der Waals surface area contributed by atoms with E-state index in [2.05, 4.69) is 16.0 Å². The number of hydrogen-bond acceptors (Lipinski definition) is 3. The van der Waals surface area contributed by atoms with Crippen LogP contribution in [0.4, 0.5) is 16.2 Å². The Morgan fingerprint density at radius 2 is 1.64 bits per heavy atom. The van der Waals surface area contributed by atoms with Gasteiger partial charge in [0, 0.05) is 22.3 Å². The van der Waals surface area contributed by atoms with Crippen LogP contribution in [-0.2, 0) is 12.8 Å². The number of benzene rings is 1. The van der Waals surface area contributed by atoms with E-state index in [0.717, 1.165) is 36.2 Å². The van der Waals surface area contributed by atoms with Gasteiger partial charge in [0.2, 0.25) is 0 Å². The maximum absolute atomic E-state index is 12.4. The summed E-state index contributed by atoms with van der Waals surface area (Å²) in [5, 5.41) is 8.61.